The van der Waals surface area contributed by atoms with Crippen LogP contribution in [-0.4, -0.2) is 6.04 Å². The summed E-state index contributed by atoms with van der Waals surface area (Å²) in [6, 6.07) is 10.7. The van der Waals surface area contributed by atoms with Crippen molar-refractivity contribution >= 4 is 23.2 Å². The third kappa shape index (κ3) is 5.35. The summed E-state index contributed by atoms with van der Waals surface area (Å²) in [6.07, 6.45) is 7.63. The van der Waals surface area contributed by atoms with Crippen molar-refractivity contribution in [1.82, 2.24) is 5.32 Å². The number of rotatable bonds is 6. The van der Waals surface area contributed by atoms with E-state index in [0.29, 0.717) is 33.9 Å². The first kappa shape index (κ1) is 19.5. The molecule has 0 amide bonds. The molecule has 0 atom stereocenters. The molecule has 26 heavy (non-hydrogen) atoms. The molecule has 5 heteroatoms. The van der Waals surface area contributed by atoms with Crippen molar-refractivity contribution in [1.29, 1.82) is 0 Å². The summed E-state index contributed by atoms with van der Waals surface area (Å²) >= 11 is 12.3. The number of nitrogens with one attached hydrogen (secondary N) is 1. The molecule has 2 aromatic carbocycles. The lowest BCUT2D eigenvalue weighted by molar-refractivity contribution is 0.295. The van der Waals surface area contributed by atoms with E-state index in [9.17, 15) is 4.39 Å². The first-order valence-electron chi connectivity index (χ1n) is 9.21. The van der Waals surface area contributed by atoms with Crippen molar-refractivity contribution in [2.45, 2.75) is 57.7 Å². The quantitative estimate of drug-likeness (QED) is 0.561. The third-order valence-corrected chi connectivity index (χ3v) is 5.48. The van der Waals surface area contributed by atoms with Crippen LogP contribution in [0.2, 0.25) is 10.0 Å². The van der Waals surface area contributed by atoms with Crippen LogP contribution in [0.15, 0.2) is 36.4 Å². The van der Waals surface area contributed by atoms with Gasteiger partial charge in [0.1, 0.15) is 18.2 Å². The first-order valence-corrected chi connectivity index (χ1v) is 9.96. The summed E-state index contributed by atoms with van der Waals surface area (Å²) < 4.78 is 19.8. The Morgan fingerprint density at radius 2 is 1.81 bits per heavy atom. The van der Waals surface area contributed by atoms with Gasteiger partial charge >= 0.3 is 0 Å². The predicted molar refractivity (Wildman–Crippen MR) is 106 cm³/mol. The summed E-state index contributed by atoms with van der Waals surface area (Å²) in [5, 5.41) is 4.67. The van der Waals surface area contributed by atoms with E-state index in [4.69, 9.17) is 27.9 Å². The molecule has 2 aromatic rings. The van der Waals surface area contributed by atoms with E-state index in [2.05, 4.69) is 5.32 Å². The topological polar surface area (TPSA) is 21.3 Å². The molecular weight excluding hydrogens is 372 g/mol. The fraction of sp³-hybridized carbons (Fsp3) is 0.429. The lowest BCUT2D eigenvalue weighted by Crippen LogP contribution is -2.28. The Balaban J connectivity index is 1.67. The molecule has 3 rings (SSSR count). The Morgan fingerprint density at radius 1 is 1.04 bits per heavy atom. The molecule has 0 aliphatic heterocycles. The van der Waals surface area contributed by atoms with Crippen molar-refractivity contribution in [2.24, 2.45) is 0 Å². The molecule has 0 aromatic heterocycles. The minimum absolute atomic E-state index is 0.0869. The normalized spacial score (nSPS) is 15.7. The van der Waals surface area contributed by atoms with Crippen LogP contribution < -0.4 is 10.1 Å². The van der Waals surface area contributed by atoms with Gasteiger partial charge in [-0.15, -0.1) is 0 Å². The highest BCUT2D eigenvalue weighted by molar-refractivity contribution is 6.31. The van der Waals surface area contributed by atoms with E-state index in [1.54, 1.807) is 18.2 Å². The molecule has 1 aliphatic rings. The average Bonchev–Trinajstić information content (AvgIpc) is 2.89. The standard InChI is InChI=1S/C21H24Cl2FNO/c22-16-10-11-21(26-14-18-19(23)8-5-9-20(18)24)15(12-16)13-25-17-6-3-1-2-4-7-17/h5,8-12,17,25H,1-4,6-7,13-14H2. The van der Waals surface area contributed by atoms with Crippen LogP contribution in [0.4, 0.5) is 4.39 Å². The van der Waals surface area contributed by atoms with Crippen LogP contribution >= 0.6 is 23.2 Å². The molecule has 140 valence electrons. The third-order valence-electron chi connectivity index (χ3n) is 4.89. The van der Waals surface area contributed by atoms with Gasteiger partial charge in [0.25, 0.3) is 0 Å². The zero-order valence-corrected chi connectivity index (χ0v) is 16.3. The Morgan fingerprint density at radius 3 is 2.54 bits per heavy atom. The van der Waals surface area contributed by atoms with Gasteiger partial charge in [-0.2, -0.15) is 0 Å². The SMILES string of the molecule is Fc1cccc(Cl)c1COc1ccc(Cl)cc1CNC1CCCCCC1. The van der Waals surface area contributed by atoms with Crippen molar-refractivity contribution in [3.05, 3.63) is 63.4 Å². The fourth-order valence-corrected chi connectivity index (χ4v) is 3.80. The van der Waals surface area contributed by atoms with E-state index in [-0.39, 0.29) is 12.4 Å². The highest BCUT2D eigenvalue weighted by Crippen LogP contribution is 2.27. The molecule has 1 fully saturated rings. The van der Waals surface area contributed by atoms with Gasteiger partial charge in [0.15, 0.2) is 0 Å². The van der Waals surface area contributed by atoms with E-state index >= 15 is 0 Å². The highest BCUT2D eigenvalue weighted by atomic mass is 35.5. The van der Waals surface area contributed by atoms with Crippen molar-refractivity contribution < 1.29 is 9.13 Å². The summed E-state index contributed by atoms with van der Waals surface area (Å²) in [5.74, 6) is 0.347. The molecular formula is C21H24Cl2FNO. The maximum atomic E-state index is 13.9. The molecule has 0 spiro atoms. The Kier molecular flexibility index (Phi) is 7.18. The van der Waals surface area contributed by atoms with Gasteiger partial charge in [0, 0.05) is 28.7 Å². The van der Waals surface area contributed by atoms with E-state index in [1.165, 1.54) is 44.6 Å². The van der Waals surface area contributed by atoms with E-state index < -0.39 is 0 Å². The van der Waals surface area contributed by atoms with Gasteiger partial charge in [0.05, 0.1) is 5.02 Å². The largest absolute Gasteiger partial charge is 0.488 e. The van der Waals surface area contributed by atoms with Gasteiger partial charge in [0.2, 0.25) is 0 Å². The van der Waals surface area contributed by atoms with Gasteiger partial charge in [-0.25, -0.2) is 4.39 Å². The van der Waals surface area contributed by atoms with Gasteiger partial charge in [-0.05, 0) is 43.2 Å². The smallest absolute Gasteiger partial charge is 0.131 e. The zero-order valence-electron chi connectivity index (χ0n) is 14.7. The van der Waals surface area contributed by atoms with Crippen molar-refractivity contribution in [3.63, 3.8) is 0 Å². The second-order valence-electron chi connectivity index (χ2n) is 6.81. The molecule has 2 nitrogen and oxygen atoms in total. The molecule has 1 aliphatic carbocycles. The first-order chi connectivity index (χ1) is 12.6. The number of ether oxygens (including phenoxy) is 1. The van der Waals surface area contributed by atoms with Gasteiger partial charge in [-0.1, -0.05) is 55.0 Å². The highest BCUT2D eigenvalue weighted by Gasteiger charge is 2.14. The lowest BCUT2D eigenvalue weighted by atomic mass is 10.1. The molecule has 0 heterocycles. The Hall–Kier alpha value is -1.29. The van der Waals surface area contributed by atoms with Crippen LogP contribution in [0.1, 0.15) is 49.7 Å². The number of halogens is 3. The van der Waals surface area contributed by atoms with Gasteiger partial charge in [-0.3, -0.25) is 0 Å². The summed E-state index contributed by atoms with van der Waals surface area (Å²) in [4.78, 5) is 0. The Bertz CT molecular complexity index is 710. The van der Waals surface area contributed by atoms with Gasteiger partial charge < -0.3 is 10.1 Å². The summed E-state index contributed by atoms with van der Waals surface area (Å²) in [7, 11) is 0. The van der Waals surface area contributed by atoms with Crippen LogP contribution in [0, 0.1) is 5.82 Å². The van der Waals surface area contributed by atoms with Crippen LogP contribution in [0.25, 0.3) is 0 Å². The molecule has 0 saturated heterocycles. The van der Waals surface area contributed by atoms with E-state index in [0.717, 1.165) is 5.56 Å². The van der Waals surface area contributed by atoms with Crippen LogP contribution in [0.3, 0.4) is 0 Å². The molecule has 1 saturated carbocycles. The lowest BCUT2D eigenvalue weighted by Gasteiger charge is -2.18. The van der Waals surface area contributed by atoms with Crippen molar-refractivity contribution in [2.75, 3.05) is 0 Å². The number of hydrogen-bond acceptors (Lipinski definition) is 2. The monoisotopic (exact) mass is 395 g/mol. The van der Waals surface area contributed by atoms with Crippen LogP contribution in [0.5, 0.6) is 5.75 Å². The zero-order chi connectivity index (χ0) is 18.4. The number of hydrogen-bond donors (Lipinski definition) is 1. The molecule has 1 N–H and O–H groups in total. The summed E-state index contributed by atoms with van der Waals surface area (Å²) in [6.45, 7) is 0.773. The summed E-state index contributed by atoms with van der Waals surface area (Å²) in [5.41, 5.74) is 1.35. The average molecular weight is 396 g/mol. The predicted octanol–water partition coefficient (Wildman–Crippen LogP) is 6.52. The molecule has 0 radical (unpaired) electrons. The Labute approximate surface area is 164 Å². The minimum atomic E-state index is -0.357. The van der Waals surface area contributed by atoms with E-state index in [1.807, 2.05) is 12.1 Å². The van der Waals surface area contributed by atoms with Crippen LogP contribution in [-0.2, 0) is 13.2 Å². The second kappa shape index (κ2) is 9.59. The fourth-order valence-electron chi connectivity index (χ4n) is 3.38. The molecule has 0 unspecified atom stereocenters. The maximum absolute atomic E-state index is 13.9. The second-order valence-corrected chi connectivity index (χ2v) is 7.65. The maximum Gasteiger partial charge on any atom is 0.131 e. The minimum Gasteiger partial charge on any atom is -0.488 e. The van der Waals surface area contributed by atoms with Crippen molar-refractivity contribution in [3.8, 4) is 5.75 Å². The molecule has 0 bridgehead atoms. The number of benzene rings is 2.